The van der Waals surface area contributed by atoms with Crippen molar-refractivity contribution < 1.29 is 19.4 Å². The molecule has 1 nitrogen and oxygen atoms in total. The molecule has 1 rings (SSSR count). The van der Waals surface area contributed by atoms with E-state index < -0.39 is 20.8 Å². The Morgan fingerprint density at radius 2 is 1.60 bits per heavy atom. The fourth-order valence-corrected chi connectivity index (χ4v) is 1.87. The maximum atomic E-state index is 12.3. The van der Waals surface area contributed by atoms with Crippen LogP contribution in [0.15, 0.2) is 23.1 Å². The lowest BCUT2D eigenvalue weighted by atomic mass is 10.2. The van der Waals surface area contributed by atoms with E-state index in [0.717, 1.165) is 6.07 Å². The minimum absolute atomic E-state index is 0.0973. The van der Waals surface area contributed by atoms with Gasteiger partial charge in [-0.3, -0.25) is 0 Å². The van der Waals surface area contributed by atoms with E-state index in [-0.39, 0.29) is 17.5 Å². The predicted molar refractivity (Wildman–Crippen MR) is 51.8 cm³/mol. The molecule has 0 atom stereocenters. The molecule has 0 radical (unpaired) electrons. The Bertz CT molecular complexity index is 401. The number of hydrogen-bond donors (Lipinski definition) is 1. The maximum Gasteiger partial charge on any atom is 0.310 e. The first kappa shape index (κ1) is 12.4. The summed E-state index contributed by atoms with van der Waals surface area (Å²) in [6.07, 6.45) is 0. The minimum Gasteiger partial charge on any atom is -0.399 e. The highest BCUT2D eigenvalue weighted by Crippen LogP contribution is 3.02. The first-order chi connectivity index (χ1) is 6.42. The van der Waals surface area contributed by atoms with Crippen LogP contribution in [0.1, 0.15) is 5.56 Å². The van der Waals surface area contributed by atoms with Gasteiger partial charge in [0, 0.05) is 11.6 Å². The molecular weight excluding hydrogens is 261 g/mol. The molecule has 2 N–H and O–H groups in total. The van der Waals surface area contributed by atoms with Gasteiger partial charge in [-0.2, -0.15) is 0 Å². The normalized spacial score (nSPS) is 16.9. The number of anilines is 1. The van der Waals surface area contributed by atoms with Gasteiger partial charge in [-0.25, -0.2) is 0 Å². The van der Waals surface area contributed by atoms with Crippen molar-refractivity contribution in [2.45, 2.75) is 10.8 Å². The summed E-state index contributed by atoms with van der Waals surface area (Å²) >= 11 is 5.26. The molecule has 88 valence electrons. The van der Waals surface area contributed by atoms with Crippen LogP contribution in [0.25, 0.3) is 0 Å². The Morgan fingerprint density at radius 1 is 1.07 bits per heavy atom. The average Bonchev–Trinajstić information content (AvgIpc) is 1.99. The van der Waals surface area contributed by atoms with E-state index in [4.69, 9.17) is 17.3 Å². The zero-order valence-electron chi connectivity index (χ0n) is 7.19. The van der Waals surface area contributed by atoms with Gasteiger partial charge in [0.2, 0.25) is 0 Å². The highest BCUT2D eigenvalue weighted by Gasteiger charge is 2.65. The van der Waals surface area contributed by atoms with E-state index in [9.17, 15) is 19.4 Å². The maximum absolute atomic E-state index is 12.3. The average molecular weight is 268 g/mol. The van der Waals surface area contributed by atoms with Crippen molar-refractivity contribution in [3.05, 3.63) is 23.8 Å². The predicted octanol–water partition coefficient (Wildman–Crippen LogP) is 4.67. The number of alkyl halides is 1. The third kappa shape index (κ3) is 3.13. The molecule has 0 aliphatic rings. The van der Waals surface area contributed by atoms with Gasteiger partial charge in [-0.05, 0) is 23.8 Å². The van der Waals surface area contributed by atoms with Crippen LogP contribution in [0, 0.1) is 0 Å². The quantitative estimate of drug-likeness (QED) is 0.470. The van der Waals surface area contributed by atoms with Gasteiger partial charge >= 0.3 is 10.2 Å². The monoisotopic (exact) mass is 267 g/mol. The van der Waals surface area contributed by atoms with Crippen LogP contribution < -0.4 is 5.73 Å². The Labute approximate surface area is 87.7 Å². The lowest BCUT2D eigenvalue weighted by Crippen LogP contribution is -2.07. The minimum atomic E-state index is -9.65. The van der Waals surface area contributed by atoms with Gasteiger partial charge in [0.05, 0.1) is 0 Å². The molecule has 8 heteroatoms. The summed E-state index contributed by atoms with van der Waals surface area (Å²) in [5, 5.41) is 0. The Kier molecular flexibility index (Phi) is 2.23. The van der Waals surface area contributed by atoms with Crippen LogP contribution in [0.2, 0.25) is 0 Å². The Balaban J connectivity index is 3.47. The van der Waals surface area contributed by atoms with Crippen LogP contribution in [-0.2, 0) is 5.88 Å². The van der Waals surface area contributed by atoms with Crippen molar-refractivity contribution in [2.24, 2.45) is 0 Å². The van der Waals surface area contributed by atoms with Crippen molar-refractivity contribution in [1.82, 2.24) is 0 Å². The second kappa shape index (κ2) is 2.70. The highest BCUT2D eigenvalue weighted by atomic mass is 35.5. The molecule has 0 aromatic heterocycles. The van der Waals surface area contributed by atoms with Crippen LogP contribution >= 0.6 is 21.8 Å². The number of nitrogens with two attached hydrogens (primary N) is 1. The SMILES string of the molecule is Nc1cc(CCl)cc(S(F)(F)(F)(F)F)c1. The Morgan fingerprint density at radius 3 is 2.00 bits per heavy atom. The van der Waals surface area contributed by atoms with E-state index in [1.54, 1.807) is 0 Å². The largest absolute Gasteiger partial charge is 0.399 e. The summed E-state index contributed by atoms with van der Waals surface area (Å²) in [6, 6.07) is 1.63. The molecule has 0 saturated heterocycles. The van der Waals surface area contributed by atoms with Crippen LogP contribution in [0.4, 0.5) is 25.1 Å². The van der Waals surface area contributed by atoms with Crippen molar-refractivity contribution >= 4 is 27.5 Å². The first-order valence-corrected chi connectivity index (χ1v) is 6.10. The van der Waals surface area contributed by atoms with Gasteiger partial charge in [0.15, 0.2) is 0 Å². The van der Waals surface area contributed by atoms with E-state index in [0.29, 0.717) is 6.07 Å². The topological polar surface area (TPSA) is 26.0 Å². The van der Waals surface area contributed by atoms with Crippen LogP contribution in [0.5, 0.6) is 0 Å². The van der Waals surface area contributed by atoms with Gasteiger partial charge in [-0.1, -0.05) is 19.4 Å². The van der Waals surface area contributed by atoms with Gasteiger partial charge in [0.1, 0.15) is 4.90 Å². The fourth-order valence-electron chi connectivity index (χ4n) is 0.986. The third-order valence-corrected chi connectivity index (χ3v) is 3.02. The number of rotatable bonds is 2. The summed E-state index contributed by atoms with van der Waals surface area (Å²) in [6.45, 7) is 0. The lowest BCUT2D eigenvalue weighted by Gasteiger charge is -2.40. The number of halogens is 6. The van der Waals surface area contributed by atoms with Gasteiger partial charge < -0.3 is 5.73 Å². The molecule has 1 aromatic carbocycles. The molecule has 0 bridgehead atoms. The highest BCUT2D eigenvalue weighted by molar-refractivity contribution is 8.45. The standard InChI is InChI=1S/C7H7ClF5NS/c8-4-5-1-6(14)3-7(2-5)15(9,10,11,12)13/h1-3H,4,14H2. The van der Waals surface area contributed by atoms with E-state index in [1.807, 2.05) is 0 Å². The summed E-state index contributed by atoms with van der Waals surface area (Å²) < 4.78 is 61.7. The first-order valence-electron chi connectivity index (χ1n) is 3.62. The molecule has 0 unspecified atom stereocenters. The molecule has 0 fully saturated rings. The summed E-state index contributed by atoms with van der Waals surface area (Å²) in [5.74, 6) is -0.314. The fraction of sp³-hybridized carbons (Fsp3) is 0.143. The smallest absolute Gasteiger partial charge is 0.310 e. The molecular formula is C7H7ClF5NS. The molecule has 0 aliphatic heterocycles. The molecule has 1 aromatic rings. The summed E-state index contributed by atoms with van der Waals surface area (Å²) in [4.78, 5) is -2.01. The second-order valence-corrected chi connectivity index (χ2v) is 5.69. The van der Waals surface area contributed by atoms with Crippen molar-refractivity contribution in [3.8, 4) is 0 Å². The second-order valence-electron chi connectivity index (χ2n) is 3.01. The summed E-state index contributed by atoms with van der Waals surface area (Å²) in [5.41, 5.74) is 4.59. The lowest BCUT2D eigenvalue weighted by molar-refractivity contribution is 0.364. The number of hydrogen-bond acceptors (Lipinski definition) is 1. The van der Waals surface area contributed by atoms with Crippen LogP contribution in [0.3, 0.4) is 0 Å². The van der Waals surface area contributed by atoms with Crippen molar-refractivity contribution in [1.29, 1.82) is 0 Å². The molecule has 0 saturated carbocycles. The molecule has 0 spiro atoms. The molecule has 15 heavy (non-hydrogen) atoms. The van der Waals surface area contributed by atoms with Crippen LogP contribution in [-0.4, -0.2) is 0 Å². The van der Waals surface area contributed by atoms with E-state index in [2.05, 4.69) is 0 Å². The number of nitrogen functional groups attached to an aromatic ring is 1. The van der Waals surface area contributed by atoms with E-state index >= 15 is 0 Å². The molecule has 0 amide bonds. The zero-order valence-corrected chi connectivity index (χ0v) is 8.76. The third-order valence-electron chi connectivity index (χ3n) is 1.59. The molecule has 0 heterocycles. The Hall–Kier alpha value is -0.690. The van der Waals surface area contributed by atoms with Crippen molar-refractivity contribution in [2.75, 3.05) is 5.73 Å². The van der Waals surface area contributed by atoms with Gasteiger partial charge in [0.25, 0.3) is 0 Å². The number of benzene rings is 1. The van der Waals surface area contributed by atoms with Crippen molar-refractivity contribution in [3.63, 3.8) is 0 Å². The molecule has 0 aliphatic carbocycles. The zero-order chi connectivity index (χ0) is 12.0. The summed E-state index contributed by atoms with van der Waals surface area (Å²) in [7, 11) is -9.65. The van der Waals surface area contributed by atoms with Gasteiger partial charge in [-0.15, -0.1) is 11.6 Å². The van der Waals surface area contributed by atoms with E-state index in [1.165, 1.54) is 0 Å².